The van der Waals surface area contributed by atoms with Gasteiger partial charge in [-0.15, -0.1) is 5.10 Å². The first-order chi connectivity index (χ1) is 8.93. The minimum absolute atomic E-state index is 0.109. The van der Waals surface area contributed by atoms with Crippen molar-refractivity contribution in [1.82, 2.24) is 15.4 Å². The van der Waals surface area contributed by atoms with E-state index in [1.807, 2.05) is 0 Å². The van der Waals surface area contributed by atoms with Crippen LogP contribution in [0.1, 0.15) is 11.3 Å². The largest absolute Gasteiger partial charge is 0.419 e. The molecule has 0 spiro atoms. The van der Waals surface area contributed by atoms with Crippen molar-refractivity contribution in [2.24, 2.45) is 4.99 Å². The molecule has 0 bridgehead atoms. The number of aliphatic imine (C=N–C) groups is 1. The van der Waals surface area contributed by atoms with Crippen LogP contribution in [0.5, 0.6) is 0 Å². The zero-order valence-corrected chi connectivity index (χ0v) is 9.66. The Kier molecular flexibility index (Phi) is 3.32. The van der Waals surface area contributed by atoms with Gasteiger partial charge in [0.2, 0.25) is 0 Å². The molecule has 0 unspecified atom stereocenters. The molecule has 0 atom stereocenters. The van der Waals surface area contributed by atoms with E-state index in [1.54, 1.807) is 0 Å². The van der Waals surface area contributed by atoms with Crippen LogP contribution in [0, 0.1) is 5.82 Å². The Morgan fingerprint density at radius 3 is 2.68 bits per heavy atom. The lowest BCUT2D eigenvalue weighted by atomic mass is 10.1. The summed E-state index contributed by atoms with van der Waals surface area (Å²) in [6.45, 7) is 0. The Balaban J connectivity index is 2.55. The summed E-state index contributed by atoms with van der Waals surface area (Å²) in [6.07, 6.45) is -3.39. The lowest BCUT2D eigenvalue weighted by molar-refractivity contribution is -0.139. The Labute approximate surface area is 105 Å². The van der Waals surface area contributed by atoms with Gasteiger partial charge in [-0.3, -0.25) is 10.1 Å². The van der Waals surface area contributed by atoms with Crippen LogP contribution in [-0.4, -0.2) is 28.7 Å². The molecule has 0 amide bonds. The Hall–Kier alpha value is -2.25. The molecule has 0 saturated carbocycles. The summed E-state index contributed by atoms with van der Waals surface area (Å²) in [6, 6.07) is 2.65. The highest BCUT2D eigenvalue weighted by Gasteiger charge is 2.34. The van der Waals surface area contributed by atoms with Crippen molar-refractivity contribution in [2.75, 3.05) is 7.05 Å². The zero-order chi connectivity index (χ0) is 14.0. The fourth-order valence-electron chi connectivity index (χ4n) is 1.56. The molecule has 8 heteroatoms. The quantitative estimate of drug-likeness (QED) is 0.675. The van der Waals surface area contributed by atoms with E-state index >= 15 is 0 Å². The standard InChI is InChI=1S/C11H8F4N4/c1-16-5-9-10(18-19-17-9)6-2-3-8(12)7(4-6)11(13,14)15/h2-5H,1H3,(H,17,18,19)/b16-5-. The van der Waals surface area contributed by atoms with Gasteiger partial charge in [0.15, 0.2) is 0 Å². The maximum Gasteiger partial charge on any atom is 0.419 e. The number of H-pyrrole nitrogens is 1. The highest BCUT2D eigenvalue weighted by molar-refractivity contribution is 5.86. The molecule has 0 aliphatic rings. The molecule has 0 aliphatic heterocycles. The highest BCUT2D eigenvalue weighted by atomic mass is 19.4. The van der Waals surface area contributed by atoms with Crippen LogP contribution in [0.4, 0.5) is 17.6 Å². The molecule has 2 aromatic rings. The van der Waals surface area contributed by atoms with Gasteiger partial charge >= 0.3 is 6.18 Å². The Morgan fingerprint density at radius 2 is 2.05 bits per heavy atom. The number of aromatic amines is 1. The maximum atomic E-state index is 13.2. The van der Waals surface area contributed by atoms with E-state index in [1.165, 1.54) is 19.3 Å². The first-order valence-corrected chi connectivity index (χ1v) is 5.14. The van der Waals surface area contributed by atoms with Crippen molar-refractivity contribution in [3.8, 4) is 11.3 Å². The van der Waals surface area contributed by atoms with Gasteiger partial charge in [0.25, 0.3) is 0 Å². The van der Waals surface area contributed by atoms with Crippen molar-refractivity contribution in [3.05, 3.63) is 35.3 Å². The normalized spacial score (nSPS) is 12.3. The van der Waals surface area contributed by atoms with Crippen LogP contribution in [0.3, 0.4) is 0 Å². The predicted octanol–water partition coefficient (Wildman–Crippen LogP) is 2.68. The molecule has 1 heterocycles. The van der Waals surface area contributed by atoms with E-state index in [0.29, 0.717) is 11.8 Å². The number of alkyl halides is 3. The monoisotopic (exact) mass is 272 g/mol. The maximum absolute atomic E-state index is 13.2. The SMILES string of the molecule is C/N=C\c1[nH]nnc1-c1ccc(F)c(C(F)(F)F)c1. The smallest absolute Gasteiger partial charge is 0.294 e. The number of nitrogens with zero attached hydrogens (tertiary/aromatic N) is 3. The molecule has 0 saturated heterocycles. The molecule has 1 N–H and O–H groups in total. The van der Waals surface area contributed by atoms with E-state index in [-0.39, 0.29) is 11.3 Å². The predicted molar refractivity (Wildman–Crippen MR) is 60.3 cm³/mol. The minimum atomic E-state index is -4.76. The van der Waals surface area contributed by atoms with E-state index in [9.17, 15) is 17.6 Å². The van der Waals surface area contributed by atoms with Gasteiger partial charge in [0, 0.05) is 18.8 Å². The molecule has 19 heavy (non-hydrogen) atoms. The fraction of sp³-hybridized carbons (Fsp3) is 0.182. The summed E-state index contributed by atoms with van der Waals surface area (Å²) in [7, 11) is 1.50. The van der Waals surface area contributed by atoms with Gasteiger partial charge in [-0.2, -0.15) is 13.2 Å². The van der Waals surface area contributed by atoms with E-state index < -0.39 is 17.6 Å². The number of rotatable bonds is 2. The van der Waals surface area contributed by atoms with Gasteiger partial charge in [-0.1, -0.05) is 5.21 Å². The molecule has 0 aliphatic carbocycles. The van der Waals surface area contributed by atoms with Crippen LogP contribution >= 0.6 is 0 Å². The second-order valence-corrected chi connectivity index (χ2v) is 3.65. The zero-order valence-electron chi connectivity index (χ0n) is 9.66. The molecule has 0 radical (unpaired) electrons. The third kappa shape index (κ3) is 2.61. The number of hydrogen-bond acceptors (Lipinski definition) is 3. The van der Waals surface area contributed by atoms with E-state index in [2.05, 4.69) is 20.4 Å². The molecule has 0 fully saturated rings. The van der Waals surface area contributed by atoms with Gasteiger partial charge < -0.3 is 0 Å². The van der Waals surface area contributed by atoms with Crippen molar-refractivity contribution < 1.29 is 17.6 Å². The number of benzene rings is 1. The Morgan fingerprint density at radius 1 is 1.32 bits per heavy atom. The fourth-order valence-corrected chi connectivity index (χ4v) is 1.56. The molecule has 100 valence electrons. The van der Waals surface area contributed by atoms with E-state index in [4.69, 9.17) is 0 Å². The average molecular weight is 272 g/mol. The summed E-state index contributed by atoms with van der Waals surface area (Å²) in [5.74, 6) is -1.33. The average Bonchev–Trinajstić information content (AvgIpc) is 2.77. The lowest BCUT2D eigenvalue weighted by Gasteiger charge is -2.09. The molecule has 4 nitrogen and oxygen atoms in total. The summed E-state index contributed by atoms with van der Waals surface area (Å²) in [5, 5.41) is 9.65. The van der Waals surface area contributed by atoms with Crippen LogP contribution in [0.2, 0.25) is 0 Å². The van der Waals surface area contributed by atoms with Gasteiger partial charge in [-0.25, -0.2) is 4.39 Å². The molecular formula is C11H8F4N4. The van der Waals surface area contributed by atoms with Gasteiger partial charge in [-0.05, 0) is 18.2 Å². The number of halogens is 4. The third-order valence-electron chi connectivity index (χ3n) is 2.38. The van der Waals surface area contributed by atoms with Gasteiger partial charge in [0.05, 0.1) is 5.56 Å². The second-order valence-electron chi connectivity index (χ2n) is 3.65. The van der Waals surface area contributed by atoms with Crippen molar-refractivity contribution in [2.45, 2.75) is 6.18 Å². The van der Waals surface area contributed by atoms with Crippen LogP contribution in [-0.2, 0) is 6.18 Å². The third-order valence-corrected chi connectivity index (χ3v) is 2.38. The van der Waals surface area contributed by atoms with E-state index in [0.717, 1.165) is 6.07 Å². The topological polar surface area (TPSA) is 53.9 Å². The van der Waals surface area contributed by atoms with Crippen molar-refractivity contribution >= 4 is 6.21 Å². The number of nitrogens with one attached hydrogen (secondary N) is 1. The number of aromatic nitrogens is 3. The van der Waals surface area contributed by atoms with Crippen molar-refractivity contribution in [1.29, 1.82) is 0 Å². The summed E-state index contributed by atoms with van der Waals surface area (Å²) < 4.78 is 51.0. The van der Waals surface area contributed by atoms with Gasteiger partial charge in [0.1, 0.15) is 17.2 Å². The molecule has 1 aromatic carbocycles. The van der Waals surface area contributed by atoms with Crippen LogP contribution in [0.25, 0.3) is 11.3 Å². The highest BCUT2D eigenvalue weighted by Crippen LogP contribution is 2.34. The van der Waals surface area contributed by atoms with Crippen LogP contribution < -0.4 is 0 Å². The molecule has 2 rings (SSSR count). The minimum Gasteiger partial charge on any atom is -0.294 e. The first kappa shape index (κ1) is 13.2. The van der Waals surface area contributed by atoms with Crippen molar-refractivity contribution in [3.63, 3.8) is 0 Å². The Bertz CT molecular complexity index is 615. The lowest BCUT2D eigenvalue weighted by Crippen LogP contribution is -2.08. The number of hydrogen-bond donors (Lipinski definition) is 1. The first-order valence-electron chi connectivity index (χ1n) is 5.14. The summed E-state index contributed by atoms with van der Waals surface area (Å²) in [5.41, 5.74) is -0.705. The molecule has 1 aromatic heterocycles. The summed E-state index contributed by atoms with van der Waals surface area (Å²) in [4.78, 5) is 3.72. The second kappa shape index (κ2) is 4.79. The van der Waals surface area contributed by atoms with Crippen LogP contribution in [0.15, 0.2) is 23.2 Å². The summed E-state index contributed by atoms with van der Waals surface area (Å²) >= 11 is 0. The molecular weight excluding hydrogens is 264 g/mol.